The van der Waals surface area contributed by atoms with Crippen molar-refractivity contribution in [2.45, 2.75) is 62.3 Å². The van der Waals surface area contributed by atoms with Gasteiger partial charge in [-0.3, -0.25) is 19.0 Å². The van der Waals surface area contributed by atoms with Gasteiger partial charge in [0.05, 0.1) is 33.4 Å². The largest absolute Gasteiger partial charge is 0.366 e. The second-order valence-electron chi connectivity index (χ2n) is 10.4. The zero-order valence-electron chi connectivity index (χ0n) is 21.0. The van der Waals surface area contributed by atoms with Gasteiger partial charge in [0.25, 0.3) is 5.56 Å². The topological polar surface area (TPSA) is 154 Å². The van der Waals surface area contributed by atoms with E-state index in [1.54, 1.807) is 0 Å². The van der Waals surface area contributed by atoms with Crippen molar-refractivity contribution in [2.24, 2.45) is 17.6 Å². The molecule has 2 saturated carbocycles. The molecule has 2 aliphatic rings. The molecule has 200 valence electrons. The third kappa shape index (κ3) is 5.77. The Bertz CT molecular complexity index is 1520. The van der Waals surface area contributed by atoms with Gasteiger partial charge in [0, 0.05) is 6.20 Å². The van der Waals surface area contributed by atoms with Crippen LogP contribution in [0.15, 0.2) is 52.5 Å². The maximum atomic E-state index is 13.6. The Morgan fingerprint density at radius 2 is 1.79 bits per heavy atom. The van der Waals surface area contributed by atoms with E-state index in [9.17, 15) is 22.8 Å². The fourth-order valence-electron chi connectivity index (χ4n) is 5.13. The van der Waals surface area contributed by atoms with E-state index >= 15 is 0 Å². The van der Waals surface area contributed by atoms with E-state index in [4.69, 9.17) is 5.73 Å². The minimum Gasteiger partial charge on any atom is -0.366 e. The van der Waals surface area contributed by atoms with Crippen LogP contribution in [0.25, 0.3) is 10.9 Å². The quantitative estimate of drug-likeness (QED) is 0.425. The zero-order valence-corrected chi connectivity index (χ0v) is 21.8. The average molecular weight is 538 g/mol. The number of rotatable bonds is 9. The summed E-state index contributed by atoms with van der Waals surface area (Å²) in [5.41, 5.74) is 5.36. The molecule has 1 unspecified atom stereocenters. The van der Waals surface area contributed by atoms with Crippen molar-refractivity contribution < 1.29 is 18.0 Å². The monoisotopic (exact) mass is 537 g/mol. The lowest BCUT2D eigenvalue weighted by Crippen LogP contribution is -2.35. The molecule has 0 bridgehead atoms. The van der Waals surface area contributed by atoms with Crippen LogP contribution in [0.2, 0.25) is 0 Å². The number of nitrogens with two attached hydrogens (primary N) is 1. The van der Waals surface area contributed by atoms with Gasteiger partial charge in [-0.05, 0) is 61.4 Å². The van der Waals surface area contributed by atoms with Crippen molar-refractivity contribution in [2.75, 3.05) is 11.1 Å². The maximum Gasteiger partial charge on any atom is 0.261 e. The first-order valence-corrected chi connectivity index (χ1v) is 14.7. The Hall–Kier alpha value is -3.60. The number of benzene rings is 1. The van der Waals surface area contributed by atoms with Crippen LogP contribution in [0, 0.1) is 11.8 Å². The minimum atomic E-state index is -3.45. The summed E-state index contributed by atoms with van der Waals surface area (Å²) < 4.78 is 26.8. The van der Waals surface area contributed by atoms with Crippen LogP contribution in [0.4, 0.5) is 5.82 Å². The normalized spacial score (nSPS) is 17.3. The first kappa shape index (κ1) is 26.0. The van der Waals surface area contributed by atoms with Gasteiger partial charge >= 0.3 is 0 Å². The number of pyridine rings is 1. The SMILES string of the molecule is NC(=O)c1ccc(NC(=O)C(CC2CCCCC2)n2cnc3cc(S(=O)(=O)CC4CC4)ccc3c2=O)nc1. The molecule has 0 saturated heterocycles. The van der Waals surface area contributed by atoms with Crippen LogP contribution in [-0.4, -0.2) is 40.5 Å². The van der Waals surface area contributed by atoms with E-state index in [0.717, 1.165) is 44.9 Å². The maximum absolute atomic E-state index is 13.6. The number of hydrogen-bond donors (Lipinski definition) is 2. The van der Waals surface area contributed by atoms with E-state index in [-0.39, 0.29) is 44.8 Å². The van der Waals surface area contributed by atoms with Gasteiger partial charge in [-0.1, -0.05) is 32.1 Å². The Balaban J connectivity index is 1.46. The smallest absolute Gasteiger partial charge is 0.261 e. The van der Waals surface area contributed by atoms with E-state index in [2.05, 4.69) is 15.3 Å². The van der Waals surface area contributed by atoms with Crippen LogP contribution in [-0.2, 0) is 14.6 Å². The summed E-state index contributed by atoms with van der Waals surface area (Å²) >= 11 is 0. The summed E-state index contributed by atoms with van der Waals surface area (Å²) in [6.07, 6.45) is 10.2. The molecule has 1 aromatic carbocycles. The van der Waals surface area contributed by atoms with Gasteiger partial charge in [-0.2, -0.15) is 0 Å². The average Bonchev–Trinajstić information content (AvgIpc) is 3.72. The van der Waals surface area contributed by atoms with Gasteiger partial charge in [-0.25, -0.2) is 18.4 Å². The molecule has 2 heterocycles. The number of primary amides is 1. The predicted molar refractivity (Wildman–Crippen MR) is 142 cm³/mol. The molecular weight excluding hydrogens is 506 g/mol. The molecule has 2 aliphatic carbocycles. The number of fused-ring (bicyclic) bond motifs is 1. The van der Waals surface area contributed by atoms with Crippen molar-refractivity contribution in [1.82, 2.24) is 14.5 Å². The molecule has 11 heteroatoms. The van der Waals surface area contributed by atoms with Crippen LogP contribution in [0.3, 0.4) is 0 Å². The highest BCUT2D eigenvalue weighted by Gasteiger charge is 2.30. The summed E-state index contributed by atoms with van der Waals surface area (Å²) in [6.45, 7) is 0. The van der Waals surface area contributed by atoms with Crippen LogP contribution < -0.4 is 16.6 Å². The fourth-order valence-corrected chi connectivity index (χ4v) is 6.84. The predicted octanol–water partition coefficient (Wildman–Crippen LogP) is 3.22. The molecule has 2 amide bonds. The highest BCUT2D eigenvalue weighted by Crippen LogP contribution is 2.33. The van der Waals surface area contributed by atoms with Gasteiger partial charge in [0.2, 0.25) is 11.8 Å². The molecule has 0 radical (unpaired) electrons. The van der Waals surface area contributed by atoms with E-state index in [1.165, 1.54) is 47.4 Å². The lowest BCUT2D eigenvalue weighted by molar-refractivity contribution is -0.120. The number of amides is 2. The molecule has 1 atom stereocenters. The van der Waals surface area contributed by atoms with Gasteiger partial charge in [0.15, 0.2) is 9.84 Å². The molecule has 38 heavy (non-hydrogen) atoms. The third-order valence-corrected chi connectivity index (χ3v) is 9.37. The van der Waals surface area contributed by atoms with E-state index in [1.807, 2.05) is 0 Å². The number of carbonyl (C=O) groups is 2. The molecule has 10 nitrogen and oxygen atoms in total. The zero-order chi connectivity index (χ0) is 26.9. The highest BCUT2D eigenvalue weighted by atomic mass is 32.2. The summed E-state index contributed by atoms with van der Waals surface area (Å²) in [4.78, 5) is 47.0. The third-order valence-electron chi connectivity index (χ3n) is 7.49. The number of hydrogen-bond acceptors (Lipinski definition) is 7. The van der Waals surface area contributed by atoms with Crippen molar-refractivity contribution in [3.05, 3.63) is 58.8 Å². The molecule has 2 aromatic heterocycles. The number of aromatic nitrogens is 3. The number of nitrogens with one attached hydrogen (secondary N) is 1. The highest BCUT2D eigenvalue weighted by molar-refractivity contribution is 7.91. The van der Waals surface area contributed by atoms with Crippen LogP contribution in [0.1, 0.15) is 67.8 Å². The second-order valence-corrected chi connectivity index (χ2v) is 12.4. The molecular formula is C27H31N5O5S. The number of carbonyl (C=O) groups excluding carboxylic acids is 2. The number of anilines is 1. The van der Waals surface area contributed by atoms with Crippen molar-refractivity contribution in [1.29, 1.82) is 0 Å². The summed E-state index contributed by atoms with van der Waals surface area (Å²) in [5.74, 6) is -0.210. The Kier molecular flexibility index (Phi) is 7.29. The standard InChI is InChI=1S/C27H31N5O5S/c28-25(33)19-8-11-24(29-14-19)31-26(34)23(12-17-4-2-1-3-5-17)32-16-30-22-13-20(9-10-21(22)27(32)35)38(36,37)15-18-6-7-18/h8-11,13-14,16-18,23H,1-7,12,15H2,(H2,28,33)(H,29,31,34). The molecule has 0 aliphatic heterocycles. The summed E-state index contributed by atoms with van der Waals surface area (Å²) in [7, 11) is -3.45. The second kappa shape index (κ2) is 10.6. The van der Waals surface area contributed by atoms with Gasteiger partial charge in [-0.15, -0.1) is 0 Å². The molecule has 2 fully saturated rings. The van der Waals surface area contributed by atoms with E-state index < -0.39 is 33.3 Å². The number of nitrogens with zero attached hydrogens (tertiary/aromatic N) is 3. The van der Waals surface area contributed by atoms with Crippen LogP contribution in [0.5, 0.6) is 0 Å². The van der Waals surface area contributed by atoms with Crippen LogP contribution >= 0.6 is 0 Å². The lowest BCUT2D eigenvalue weighted by atomic mass is 9.84. The van der Waals surface area contributed by atoms with Crippen molar-refractivity contribution >= 4 is 38.4 Å². The first-order chi connectivity index (χ1) is 18.2. The molecule has 0 spiro atoms. The Morgan fingerprint density at radius 3 is 2.45 bits per heavy atom. The Labute approximate surface area is 220 Å². The molecule has 3 aromatic rings. The minimum absolute atomic E-state index is 0.105. The summed E-state index contributed by atoms with van der Waals surface area (Å²) in [6, 6.07) is 6.51. The van der Waals surface area contributed by atoms with Gasteiger partial charge in [0.1, 0.15) is 11.9 Å². The number of sulfone groups is 1. The molecule has 5 rings (SSSR count). The fraction of sp³-hybridized carbons (Fsp3) is 0.444. The summed E-state index contributed by atoms with van der Waals surface area (Å²) in [5, 5.41) is 3.01. The van der Waals surface area contributed by atoms with Crippen molar-refractivity contribution in [3.63, 3.8) is 0 Å². The molecule has 3 N–H and O–H groups in total. The van der Waals surface area contributed by atoms with Crippen molar-refractivity contribution in [3.8, 4) is 0 Å². The first-order valence-electron chi connectivity index (χ1n) is 13.0. The van der Waals surface area contributed by atoms with E-state index in [0.29, 0.717) is 6.42 Å². The lowest BCUT2D eigenvalue weighted by Gasteiger charge is -2.27. The van der Waals surface area contributed by atoms with Gasteiger partial charge < -0.3 is 11.1 Å². The Morgan fingerprint density at radius 1 is 1.03 bits per heavy atom.